The average Bonchev–Trinajstić information content (AvgIpc) is 3.78. The Hall–Kier alpha value is -6.95. The molecule has 5 heteroatoms. The number of para-hydroxylation sites is 1. The highest BCUT2D eigenvalue weighted by Gasteiger charge is 2.19. The number of hydrogen-bond donors (Lipinski definition) is 0. The summed E-state index contributed by atoms with van der Waals surface area (Å²) in [7, 11) is 0. The van der Waals surface area contributed by atoms with Gasteiger partial charge in [-0.3, -0.25) is 0 Å². The van der Waals surface area contributed by atoms with Gasteiger partial charge in [0, 0.05) is 53.3 Å². The molecular weight excluding hydrogens is 677 g/mol. The summed E-state index contributed by atoms with van der Waals surface area (Å²) in [6.45, 7) is 0. The van der Waals surface area contributed by atoms with Gasteiger partial charge in [-0.25, -0.2) is 15.0 Å². The smallest absolute Gasteiger partial charge is 0.164 e. The van der Waals surface area contributed by atoms with Crippen LogP contribution in [0.15, 0.2) is 182 Å². The van der Waals surface area contributed by atoms with Gasteiger partial charge in [0.25, 0.3) is 0 Å². The molecular formula is C49H30N4S. The predicted molar refractivity (Wildman–Crippen MR) is 226 cm³/mol. The van der Waals surface area contributed by atoms with E-state index in [0.29, 0.717) is 17.5 Å². The molecule has 252 valence electrons. The van der Waals surface area contributed by atoms with Crippen molar-refractivity contribution in [1.29, 1.82) is 0 Å². The lowest BCUT2D eigenvalue weighted by Gasteiger charge is -2.12. The molecule has 54 heavy (non-hydrogen) atoms. The van der Waals surface area contributed by atoms with Crippen molar-refractivity contribution in [3.05, 3.63) is 182 Å². The van der Waals surface area contributed by atoms with Gasteiger partial charge in [-0.15, -0.1) is 11.3 Å². The maximum absolute atomic E-state index is 5.26. The number of fused-ring (bicyclic) bond motifs is 7. The molecule has 0 bridgehead atoms. The topological polar surface area (TPSA) is 43.6 Å². The molecule has 0 unspecified atom stereocenters. The Bertz CT molecular complexity index is 3210. The second-order valence-electron chi connectivity index (χ2n) is 13.6. The standard InChI is InChI=1S/C49H30N4S/c1-2-12-31(13-3-1)32-24-26-33(27-25-32)47-50-48(52-49(51-47)40-20-11-23-45-46(40)39-19-7-9-22-44(39)54-45)36-16-10-17-37(28-36)53-42-21-8-6-18-38(42)41-29-34-14-4-5-15-35(34)30-43(41)53/h1-30H. The minimum absolute atomic E-state index is 0.631. The summed E-state index contributed by atoms with van der Waals surface area (Å²) in [6.07, 6.45) is 0. The Morgan fingerprint density at radius 2 is 0.981 bits per heavy atom. The lowest BCUT2D eigenvalue weighted by Crippen LogP contribution is -2.01. The molecule has 4 nitrogen and oxygen atoms in total. The van der Waals surface area contributed by atoms with E-state index in [0.717, 1.165) is 33.5 Å². The van der Waals surface area contributed by atoms with Crippen molar-refractivity contribution >= 4 is 64.1 Å². The predicted octanol–water partition coefficient (Wildman–Crippen LogP) is 13.2. The molecule has 0 fully saturated rings. The van der Waals surface area contributed by atoms with Gasteiger partial charge < -0.3 is 4.57 Å². The summed E-state index contributed by atoms with van der Waals surface area (Å²) in [4.78, 5) is 15.7. The van der Waals surface area contributed by atoms with Crippen molar-refractivity contribution < 1.29 is 0 Å². The summed E-state index contributed by atoms with van der Waals surface area (Å²) in [5.74, 6) is 1.93. The molecule has 8 aromatic carbocycles. The number of hydrogen-bond acceptors (Lipinski definition) is 4. The van der Waals surface area contributed by atoms with Crippen LogP contribution in [0, 0.1) is 0 Å². The highest BCUT2D eigenvalue weighted by molar-refractivity contribution is 7.25. The number of thiophene rings is 1. The van der Waals surface area contributed by atoms with E-state index in [9.17, 15) is 0 Å². The van der Waals surface area contributed by atoms with E-state index in [2.05, 4.69) is 180 Å². The monoisotopic (exact) mass is 706 g/mol. The molecule has 0 saturated heterocycles. The normalized spacial score (nSPS) is 11.7. The fraction of sp³-hybridized carbons (Fsp3) is 0. The van der Waals surface area contributed by atoms with E-state index in [1.807, 2.05) is 6.07 Å². The van der Waals surface area contributed by atoms with Crippen molar-refractivity contribution in [3.8, 4) is 51.0 Å². The number of nitrogens with zero attached hydrogens (tertiary/aromatic N) is 4. The van der Waals surface area contributed by atoms with E-state index in [1.54, 1.807) is 11.3 Å². The second kappa shape index (κ2) is 12.3. The Labute approximate surface area is 315 Å². The third-order valence-corrected chi connectivity index (χ3v) is 11.6. The first-order chi connectivity index (χ1) is 26.7. The maximum atomic E-state index is 5.26. The molecule has 11 rings (SSSR count). The first-order valence-electron chi connectivity index (χ1n) is 18.1. The Balaban J connectivity index is 1.12. The molecule has 0 spiro atoms. The van der Waals surface area contributed by atoms with Crippen LogP contribution < -0.4 is 0 Å². The van der Waals surface area contributed by atoms with Gasteiger partial charge in [-0.05, 0) is 64.4 Å². The molecule has 3 aromatic heterocycles. The van der Waals surface area contributed by atoms with Gasteiger partial charge in [-0.2, -0.15) is 0 Å². The quantitative estimate of drug-likeness (QED) is 0.179. The third kappa shape index (κ3) is 5.01. The van der Waals surface area contributed by atoms with Crippen LogP contribution in [0.1, 0.15) is 0 Å². The van der Waals surface area contributed by atoms with Crippen molar-refractivity contribution in [1.82, 2.24) is 19.5 Å². The largest absolute Gasteiger partial charge is 0.309 e. The molecule has 0 radical (unpaired) electrons. The molecule has 0 aliphatic rings. The second-order valence-corrected chi connectivity index (χ2v) is 14.7. The van der Waals surface area contributed by atoms with Gasteiger partial charge in [0.1, 0.15) is 0 Å². The fourth-order valence-corrected chi connectivity index (χ4v) is 9.01. The highest BCUT2D eigenvalue weighted by atomic mass is 32.1. The molecule has 0 aliphatic carbocycles. The van der Waals surface area contributed by atoms with Crippen molar-refractivity contribution in [2.45, 2.75) is 0 Å². The van der Waals surface area contributed by atoms with E-state index < -0.39 is 0 Å². The molecule has 0 amide bonds. The van der Waals surface area contributed by atoms with Crippen LogP contribution in [0.2, 0.25) is 0 Å². The number of aromatic nitrogens is 4. The molecule has 0 aliphatic heterocycles. The minimum atomic E-state index is 0.631. The van der Waals surface area contributed by atoms with Crippen LogP contribution in [0.5, 0.6) is 0 Å². The van der Waals surface area contributed by atoms with E-state index in [1.165, 1.54) is 52.8 Å². The van der Waals surface area contributed by atoms with E-state index in [-0.39, 0.29) is 0 Å². The number of benzene rings is 8. The first-order valence-corrected chi connectivity index (χ1v) is 18.9. The van der Waals surface area contributed by atoms with Crippen LogP contribution in [-0.2, 0) is 0 Å². The zero-order valence-corrected chi connectivity index (χ0v) is 29.8. The number of rotatable bonds is 5. The molecule has 0 N–H and O–H groups in total. The molecule has 0 atom stereocenters. The van der Waals surface area contributed by atoms with Crippen LogP contribution in [0.25, 0.3) is 104 Å². The fourth-order valence-electron chi connectivity index (χ4n) is 7.88. The lowest BCUT2D eigenvalue weighted by molar-refractivity contribution is 1.07. The van der Waals surface area contributed by atoms with Crippen molar-refractivity contribution in [2.24, 2.45) is 0 Å². The van der Waals surface area contributed by atoms with Crippen LogP contribution in [0.4, 0.5) is 0 Å². The van der Waals surface area contributed by atoms with Gasteiger partial charge in [-0.1, -0.05) is 140 Å². The Morgan fingerprint density at radius 1 is 0.370 bits per heavy atom. The Morgan fingerprint density at radius 3 is 1.83 bits per heavy atom. The van der Waals surface area contributed by atoms with Gasteiger partial charge >= 0.3 is 0 Å². The zero-order valence-electron chi connectivity index (χ0n) is 29.0. The van der Waals surface area contributed by atoms with Crippen LogP contribution in [0.3, 0.4) is 0 Å². The first kappa shape index (κ1) is 30.7. The maximum Gasteiger partial charge on any atom is 0.164 e. The van der Waals surface area contributed by atoms with Gasteiger partial charge in [0.05, 0.1) is 11.0 Å². The SMILES string of the molecule is c1ccc(-c2ccc(-c3nc(-c4cccc(-n5c6ccccc6c6cc7ccccc7cc65)c4)nc(-c4cccc5sc6ccccc6c45)n3)cc2)cc1. The minimum Gasteiger partial charge on any atom is -0.309 e. The highest BCUT2D eigenvalue weighted by Crippen LogP contribution is 2.40. The summed E-state index contributed by atoms with van der Waals surface area (Å²) in [5, 5.41) is 7.29. The van der Waals surface area contributed by atoms with Crippen molar-refractivity contribution in [3.63, 3.8) is 0 Å². The van der Waals surface area contributed by atoms with Crippen LogP contribution >= 0.6 is 11.3 Å². The van der Waals surface area contributed by atoms with Gasteiger partial charge in [0.2, 0.25) is 0 Å². The summed E-state index contributed by atoms with van der Waals surface area (Å²) >= 11 is 1.80. The molecule has 0 saturated carbocycles. The Kier molecular flexibility index (Phi) is 7.00. The third-order valence-electron chi connectivity index (χ3n) is 10.4. The zero-order chi connectivity index (χ0) is 35.6. The summed E-state index contributed by atoms with van der Waals surface area (Å²) < 4.78 is 4.83. The molecule has 3 heterocycles. The van der Waals surface area contributed by atoms with Crippen LogP contribution in [-0.4, -0.2) is 19.5 Å². The van der Waals surface area contributed by atoms with E-state index >= 15 is 0 Å². The van der Waals surface area contributed by atoms with Gasteiger partial charge in [0.15, 0.2) is 17.5 Å². The summed E-state index contributed by atoms with van der Waals surface area (Å²) in [5.41, 5.74) is 8.56. The lowest BCUT2D eigenvalue weighted by atomic mass is 10.0. The molecule has 11 aromatic rings. The van der Waals surface area contributed by atoms with E-state index in [4.69, 9.17) is 15.0 Å². The summed E-state index contributed by atoms with van der Waals surface area (Å²) in [6, 6.07) is 64.4. The van der Waals surface area contributed by atoms with Crippen molar-refractivity contribution in [2.75, 3.05) is 0 Å². The average molecular weight is 707 g/mol.